The van der Waals surface area contributed by atoms with Gasteiger partial charge >= 0.3 is 5.97 Å². The molecule has 0 aliphatic heterocycles. The largest absolute Gasteiger partial charge is 0.456 e. The number of furan rings is 1. The van der Waals surface area contributed by atoms with Gasteiger partial charge < -0.3 is 14.5 Å². The first-order valence-corrected chi connectivity index (χ1v) is 12.1. The van der Waals surface area contributed by atoms with Gasteiger partial charge in [-0.05, 0) is 92.4 Å². The van der Waals surface area contributed by atoms with Crippen LogP contribution in [0.2, 0.25) is 0 Å². The first-order chi connectivity index (χ1) is 17.5. The predicted molar refractivity (Wildman–Crippen MR) is 140 cm³/mol. The van der Waals surface area contributed by atoms with Gasteiger partial charge in [-0.15, -0.1) is 0 Å². The van der Waals surface area contributed by atoms with Crippen molar-refractivity contribution in [3.05, 3.63) is 82.9 Å². The summed E-state index contributed by atoms with van der Waals surface area (Å²) in [4.78, 5) is 25.7. The topological polar surface area (TPSA) is 68.5 Å². The second-order valence-electron chi connectivity index (χ2n) is 9.84. The number of nitrogens with one attached hydrogen (secondary N) is 1. The van der Waals surface area contributed by atoms with Gasteiger partial charge in [0.15, 0.2) is 0 Å². The highest BCUT2D eigenvalue weighted by atomic mass is 19.1. The molecule has 4 rings (SSSR count). The monoisotopic (exact) mass is 505 g/mol. The maximum Gasteiger partial charge on any atom is 0.341 e. The fourth-order valence-corrected chi connectivity index (χ4v) is 4.27. The van der Waals surface area contributed by atoms with Crippen LogP contribution in [-0.4, -0.2) is 24.5 Å². The average molecular weight is 506 g/mol. The Balaban J connectivity index is 1.94. The molecule has 4 aromatic rings. The summed E-state index contributed by atoms with van der Waals surface area (Å²) < 4.78 is 39.7. The molecule has 0 saturated heterocycles. The number of amides is 1. The molecular formula is C30H29F2NO4. The van der Waals surface area contributed by atoms with Crippen molar-refractivity contribution in [2.24, 2.45) is 0 Å². The molecule has 1 N–H and O–H groups in total. The molecule has 0 radical (unpaired) electrons. The molecule has 1 amide bonds. The summed E-state index contributed by atoms with van der Waals surface area (Å²) in [5, 5.41) is 3.20. The fraction of sp³-hybridized carbons (Fsp3) is 0.267. The van der Waals surface area contributed by atoms with Gasteiger partial charge in [-0.2, -0.15) is 0 Å². The molecule has 0 saturated carbocycles. The number of benzene rings is 3. The Morgan fingerprint density at radius 1 is 0.973 bits per heavy atom. The minimum atomic E-state index is -0.776. The number of aryl methyl sites for hydroxylation is 1. The van der Waals surface area contributed by atoms with Crippen LogP contribution in [0.4, 0.5) is 8.78 Å². The Hall–Kier alpha value is -4.00. The average Bonchev–Trinajstić information content (AvgIpc) is 3.21. The van der Waals surface area contributed by atoms with Crippen molar-refractivity contribution >= 4 is 22.8 Å². The van der Waals surface area contributed by atoms with Gasteiger partial charge in [0.25, 0.3) is 5.91 Å². The van der Waals surface area contributed by atoms with Gasteiger partial charge in [0, 0.05) is 18.0 Å². The molecule has 0 aliphatic rings. The smallest absolute Gasteiger partial charge is 0.341 e. The molecule has 0 atom stereocenters. The first-order valence-electron chi connectivity index (χ1n) is 12.1. The van der Waals surface area contributed by atoms with Crippen LogP contribution in [0, 0.1) is 11.6 Å². The summed E-state index contributed by atoms with van der Waals surface area (Å²) in [5.74, 6) is -1.86. The molecule has 1 aromatic heterocycles. The summed E-state index contributed by atoms with van der Waals surface area (Å²) in [6.45, 7) is 7.19. The third-order valence-electron chi connectivity index (χ3n) is 5.89. The minimum Gasteiger partial charge on any atom is -0.456 e. The van der Waals surface area contributed by atoms with E-state index in [9.17, 15) is 18.4 Å². The highest BCUT2D eigenvalue weighted by molar-refractivity contribution is 6.12. The van der Waals surface area contributed by atoms with Crippen LogP contribution in [0.1, 0.15) is 60.4 Å². The maximum atomic E-state index is 14.7. The normalized spacial score (nSPS) is 11.5. The Morgan fingerprint density at radius 2 is 1.65 bits per heavy atom. The quantitative estimate of drug-likeness (QED) is 0.279. The molecule has 1 heterocycles. The predicted octanol–water partition coefficient (Wildman–Crippen LogP) is 7.31. The van der Waals surface area contributed by atoms with Gasteiger partial charge in [-0.25, -0.2) is 13.6 Å². The Labute approximate surface area is 214 Å². The molecule has 0 unspecified atom stereocenters. The highest BCUT2D eigenvalue weighted by Gasteiger charge is 2.25. The molecule has 37 heavy (non-hydrogen) atoms. The first kappa shape index (κ1) is 26.1. The zero-order chi connectivity index (χ0) is 26.9. The van der Waals surface area contributed by atoms with Crippen LogP contribution < -0.4 is 5.32 Å². The summed E-state index contributed by atoms with van der Waals surface area (Å²) in [6, 6.07) is 13.7. The molecular weight excluding hydrogens is 476 g/mol. The van der Waals surface area contributed by atoms with Gasteiger partial charge in [-0.3, -0.25) is 4.79 Å². The third-order valence-corrected chi connectivity index (χ3v) is 5.89. The van der Waals surface area contributed by atoms with E-state index >= 15 is 0 Å². The summed E-state index contributed by atoms with van der Waals surface area (Å²) in [7, 11) is 1.52. The van der Waals surface area contributed by atoms with Gasteiger partial charge in [0.1, 0.15) is 28.6 Å². The Kier molecular flexibility index (Phi) is 7.16. The Morgan fingerprint density at radius 3 is 2.27 bits per heavy atom. The number of ether oxygens (including phenoxy) is 1. The standard InChI is InChI=1S/C30H29F2NO4/c1-6-7-18-15-25-23(26(28(34)33-5)27(36-25)17-8-11-20(31)12-9-17)16-21(18)19-10-13-24(32)22(14-19)29(35)37-30(2,3)4/h8-16H,6-7H2,1-5H3,(H,33,34). The van der Waals surface area contributed by atoms with Crippen LogP contribution in [0.5, 0.6) is 0 Å². The van der Waals surface area contributed by atoms with E-state index in [1.165, 1.54) is 31.3 Å². The van der Waals surface area contributed by atoms with E-state index in [0.717, 1.165) is 17.5 Å². The molecule has 5 nitrogen and oxygen atoms in total. The SMILES string of the molecule is CCCc1cc2oc(-c3ccc(F)cc3)c(C(=O)NC)c2cc1-c1ccc(F)c(C(=O)OC(C)(C)C)c1. The van der Waals surface area contributed by atoms with E-state index in [4.69, 9.17) is 9.15 Å². The molecule has 0 fully saturated rings. The number of rotatable bonds is 6. The minimum absolute atomic E-state index is 0.166. The number of hydrogen-bond donors (Lipinski definition) is 1. The molecule has 3 aromatic carbocycles. The van der Waals surface area contributed by atoms with Crippen molar-refractivity contribution in [3.63, 3.8) is 0 Å². The van der Waals surface area contributed by atoms with E-state index in [-0.39, 0.29) is 11.5 Å². The number of halogens is 2. The number of fused-ring (bicyclic) bond motifs is 1. The van der Waals surface area contributed by atoms with Crippen molar-refractivity contribution in [1.82, 2.24) is 5.32 Å². The van der Waals surface area contributed by atoms with Gasteiger partial charge in [0.05, 0.1) is 11.1 Å². The van der Waals surface area contributed by atoms with Crippen LogP contribution in [0.15, 0.2) is 59.0 Å². The number of carbonyl (C=O) groups excluding carboxylic acids is 2. The maximum absolute atomic E-state index is 14.7. The lowest BCUT2D eigenvalue weighted by molar-refractivity contribution is 0.00646. The van der Waals surface area contributed by atoms with Crippen molar-refractivity contribution in [3.8, 4) is 22.5 Å². The summed E-state index contributed by atoms with van der Waals surface area (Å²) in [6.07, 6.45) is 1.51. The number of hydrogen-bond acceptors (Lipinski definition) is 4. The lowest BCUT2D eigenvalue weighted by atomic mass is 9.92. The van der Waals surface area contributed by atoms with E-state index in [2.05, 4.69) is 5.32 Å². The zero-order valence-electron chi connectivity index (χ0n) is 21.5. The fourth-order valence-electron chi connectivity index (χ4n) is 4.27. The molecule has 0 spiro atoms. The van der Waals surface area contributed by atoms with Crippen molar-refractivity contribution in [1.29, 1.82) is 0 Å². The van der Waals surface area contributed by atoms with Gasteiger partial charge in [-0.1, -0.05) is 19.4 Å². The molecule has 0 aliphatic carbocycles. The van der Waals surface area contributed by atoms with E-state index in [1.54, 1.807) is 39.0 Å². The van der Waals surface area contributed by atoms with E-state index in [0.29, 0.717) is 39.8 Å². The van der Waals surface area contributed by atoms with Crippen molar-refractivity contribution in [2.75, 3.05) is 7.05 Å². The number of esters is 1. The van der Waals surface area contributed by atoms with E-state index in [1.807, 2.05) is 19.1 Å². The summed E-state index contributed by atoms with van der Waals surface area (Å²) >= 11 is 0. The zero-order valence-corrected chi connectivity index (χ0v) is 21.5. The molecule has 192 valence electrons. The van der Waals surface area contributed by atoms with Crippen molar-refractivity contribution in [2.45, 2.75) is 46.1 Å². The second kappa shape index (κ2) is 10.2. The summed E-state index contributed by atoms with van der Waals surface area (Å²) in [5.41, 5.74) is 2.70. The molecule has 7 heteroatoms. The second-order valence-corrected chi connectivity index (χ2v) is 9.84. The Bertz CT molecular complexity index is 1480. The van der Waals surface area contributed by atoms with Crippen LogP contribution >= 0.6 is 0 Å². The van der Waals surface area contributed by atoms with Crippen LogP contribution in [0.3, 0.4) is 0 Å². The highest BCUT2D eigenvalue weighted by Crippen LogP contribution is 2.38. The molecule has 0 bridgehead atoms. The van der Waals surface area contributed by atoms with E-state index < -0.39 is 23.2 Å². The van der Waals surface area contributed by atoms with Crippen molar-refractivity contribution < 1.29 is 27.5 Å². The van der Waals surface area contributed by atoms with Crippen LogP contribution in [0.25, 0.3) is 33.4 Å². The number of carbonyl (C=O) groups is 2. The van der Waals surface area contributed by atoms with Crippen LogP contribution in [-0.2, 0) is 11.2 Å². The lowest BCUT2D eigenvalue weighted by Gasteiger charge is -2.20. The lowest BCUT2D eigenvalue weighted by Crippen LogP contribution is -2.24. The third kappa shape index (κ3) is 5.40. The van der Waals surface area contributed by atoms with Gasteiger partial charge in [0.2, 0.25) is 0 Å².